The molecule has 5 nitrogen and oxygen atoms in total. The highest BCUT2D eigenvalue weighted by Crippen LogP contribution is 2.06. The Morgan fingerprint density at radius 1 is 1.58 bits per heavy atom. The third-order valence-electron chi connectivity index (χ3n) is 1.82. The zero-order valence-electron chi connectivity index (χ0n) is 7.04. The minimum atomic E-state index is -0.0587. The van der Waals surface area contributed by atoms with E-state index in [1.54, 1.807) is 4.90 Å². The van der Waals surface area contributed by atoms with Gasteiger partial charge < -0.3 is 16.0 Å². The van der Waals surface area contributed by atoms with Crippen molar-refractivity contribution in [2.45, 2.75) is 13.0 Å². The van der Waals surface area contributed by atoms with E-state index in [-0.39, 0.29) is 24.4 Å². The molecule has 0 aliphatic carbocycles. The van der Waals surface area contributed by atoms with Crippen LogP contribution in [0.4, 0.5) is 0 Å². The molecular formula is C7H13N3O2. The lowest BCUT2D eigenvalue weighted by molar-refractivity contribution is -0.136. The van der Waals surface area contributed by atoms with Gasteiger partial charge in [0.25, 0.3) is 0 Å². The van der Waals surface area contributed by atoms with E-state index in [0.717, 1.165) is 0 Å². The van der Waals surface area contributed by atoms with Gasteiger partial charge in [0.2, 0.25) is 11.8 Å². The van der Waals surface area contributed by atoms with E-state index in [4.69, 9.17) is 5.73 Å². The summed E-state index contributed by atoms with van der Waals surface area (Å²) in [5, 5.41) is 2.71. The van der Waals surface area contributed by atoms with Gasteiger partial charge in [0, 0.05) is 20.0 Å². The summed E-state index contributed by atoms with van der Waals surface area (Å²) in [4.78, 5) is 23.1. The van der Waals surface area contributed by atoms with Gasteiger partial charge in [-0.15, -0.1) is 0 Å². The zero-order valence-corrected chi connectivity index (χ0v) is 7.04. The lowest BCUT2D eigenvalue weighted by Gasteiger charge is -2.39. The van der Waals surface area contributed by atoms with Gasteiger partial charge in [0.1, 0.15) is 0 Å². The van der Waals surface area contributed by atoms with E-state index in [9.17, 15) is 9.59 Å². The van der Waals surface area contributed by atoms with Gasteiger partial charge in [-0.05, 0) is 0 Å². The summed E-state index contributed by atoms with van der Waals surface area (Å²) >= 11 is 0. The highest BCUT2D eigenvalue weighted by atomic mass is 16.2. The van der Waals surface area contributed by atoms with Crippen molar-refractivity contribution >= 4 is 11.8 Å². The Bertz CT molecular complexity index is 199. The molecule has 1 heterocycles. The van der Waals surface area contributed by atoms with Gasteiger partial charge in [-0.25, -0.2) is 0 Å². The predicted molar refractivity (Wildman–Crippen MR) is 43.2 cm³/mol. The van der Waals surface area contributed by atoms with Crippen molar-refractivity contribution in [1.82, 2.24) is 10.2 Å². The second-order valence-corrected chi connectivity index (χ2v) is 2.90. The van der Waals surface area contributed by atoms with Gasteiger partial charge in [0.05, 0.1) is 12.6 Å². The SMILES string of the molecule is CC(=O)NC1CN(C(=O)CN)C1. The fourth-order valence-electron chi connectivity index (χ4n) is 1.19. The number of nitrogens with zero attached hydrogens (tertiary/aromatic N) is 1. The summed E-state index contributed by atoms with van der Waals surface area (Å²) in [6.45, 7) is 2.70. The summed E-state index contributed by atoms with van der Waals surface area (Å²) in [7, 11) is 0. The van der Waals surface area contributed by atoms with Crippen LogP contribution in [0.3, 0.4) is 0 Å². The predicted octanol–water partition coefficient (Wildman–Crippen LogP) is -1.71. The molecule has 0 aromatic carbocycles. The lowest BCUT2D eigenvalue weighted by Crippen LogP contribution is -2.61. The summed E-state index contributed by atoms with van der Waals surface area (Å²) in [5.41, 5.74) is 5.15. The standard InChI is InChI=1S/C7H13N3O2/c1-5(11)9-6-3-10(4-6)7(12)2-8/h6H,2-4,8H2,1H3,(H,9,11). The van der Waals surface area contributed by atoms with Gasteiger partial charge >= 0.3 is 0 Å². The number of rotatable bonds is 2. The molecule has 0 saturated carbocycles. The molecule has 0 atom stereocenters. The van der Waals surface area contributed by atoms with Crippen LogP contribution < -0.4 is 11.1 Å². The molecule has 0 spiro atoms. The zero-order chi connectivity index (χ0) is 9.14. The average molecular weight is 171 g/mol. The number of carbonyl (C=O) groups is 2. The highest BCUT2D eigenvalue weighted by Gasteiger charge is 2.29. The van der Waals surface area contributed by atoms with E-state index in [1.807, 2.05) is 0 Å². The van der Waals surface area contributed by atoms with Gasteiger partial charge in [-0.3, -0.25) is 9.59 Å². The molecule has 1 aliphatic rings. The highest BCUT2D eigenvalue weighted by molar-refractivity contribution is 5.79. The molecule has 2 amide bonds. The Morgan fingerprint density at radius 3 is 2.58 bits per heavy atom. The van der Waals surface area contributed by atoms with Crippen molar-refractivity contribution in [3.05, 3.63) is 0 Å². The molecular weight excluding hydrogens is 158 g/mol. The Morgan fingerprint density at radius 2 is 2.17 bits per heavy atom. The van der Waals surface area contributed by atoms with Crippen LogP contribution in [0.5, 0.6) is 0 Å². The number of likely N-dealkylation sites (tertiary alicyclic amines) is 1. The van der Waals surface area contributed by atoms with Crippen LogP contribution in [0, 0.1) is 0 Å². The molecule has 0 radical (unpaired) electrons. The Labute approximate surface area is 70.9 Å². The van der Waals surface area contributed by atoms with Crippen molar-refractivity contribution in [1.29, 1.82) is 0 Å². The fraction of sp³-hybridized carbons (Fsp3) is 0.714. The largest absolute Gasteiger partial charge is 0.350 e. The number of carbonyl (C=O) groups excluding carboxylic acids is 2. The minimum Gasteiger partial charge on any atom is -0.350 e. The van der Waals surface area contributed by atoms with E-state index < -0.39 is 0 Å². The van der Waals surface area contributed by atoms with Crippen LogP contribution in [0.1, 0.15) is 6.92 Å². The summed E-state index contributed by atoms with van der Waals surface area (Å²) in [6.07, 6.45) is 0. The third kappa shape index (κ3) is 1.94. The topological polar surface area (TPSA) is 75.4 Å². The second kappa shape index (κ2) is 3.53. The minimum absolute atomic E-state index is 0.0484. The lowest BCUT2D eigenvalue weighted by atomic mass is 10.1. The Kier molecular flexibility index (Phi) is 2.65. The van der Waals surface area contributed by atoms with Crippen LogP contribution in [0.15, 0.2) is 0 Å². The van der Waals surface area contributed by atoms with Crippen molar-refractivity contribution in [3.8, 4) is 0 Å². The molecule has 0 aromatic rings. The second-order valence-electron chi connectivity index (χ2n) is 2.90. The van der Waals surface area contributed by atoms with Crippen LogP contribution in [0.2, 0.25) is 0 Å². The molecule has 1 rings (SSSR count). The van der Waals surface area contributed by atoms with E-state index in [0.29, 0.717) is 13.1 Å². The first-order chi connectivity index (χ1) is 5.63. The molecule has 68 valence electrons. The molecule has 0 aromatic heterocycles. The molecule has 1 saturated heterocycles. The number of nitrogens with two attached hydrogens (primary N) is 1. The van der Waals surface area contributed by atoms with E-state index in [2.05, 4.69) is 5.32 Å². The van der Waals surface area contributed by atoms with Crippen molar-refractivity contribution < 1.29 is 9.59 Å². The number of hydrogen-bond acceptors (Lipinski definition) is 3. The van der Waals surface area contributed by atoms with Gasteiger partial charge in [-0.1, -0.05) is 0 Å². The van der Waals surface area contributed by atoms with E-state index in [1.165, 1.54) is 6.92 Å². The quantitative estimate of drug-likeness (QED) is 0.519. The van der Waals surface area contributed by atoms with Crippen molar-refractivity contribution in [3.63, 3.8) is 0 Å². The first-order valence-corrected chi connectivity index (χ1v) is 3.88. The molecule has 0 bridgehead atoms. The summed E-state index contributed by atoms with van der Waals surface area (Å²) in [6, 6.07) is 0.123. The average Bonchev–Trinajstić information content (AvgIpc) is 1.94. The first-order valence-electron chi connectivity index (χ1n) is 3.88. The molecule has 1 fully saturated rings. The monoisotopic (exact) mass is 171 g/mol. The maximum atomic E-state index is 10.9. The van der Waals surface area contributed by atoms with E-state index >= 15 is 0 Å². The van der Waals surface area contributed by atoms with Crippen LogP contribution in [0.25, 0.3) is 0 Å². The van der Waals surface area contributed by atoms with Gasteiger partial charge in [-0.2, -0.15) is 0 Å². The summed E-state index contributed by atoms with van der Waals surface area (Å²) in [5.74, 6) is -0.114. The number of hydrogen-bond donors (Lipinski definition) is 2. The molecule has 0 unspecified atom stereocenters. The normalized spacial score (nSPS) is 17.0. The molecule has 3 N–H and O–H groups in total. The fourth-order valence-corrected chi connectivity index (χ4v) is 1.19. The maximum absolute atomic E-state index is 10.9. The third-order valence-corrected chi connectivity index (χ3v) is 1.82. The molecule has 1 aliphatic heterocycles. The summed E-state index contributed by atoms with van der Waals surface area (Å²) < 4.78 is 0. The number of amides is 2. The van der Waals surface area contributed by atoms with Crippen LogP contribution in [-0.2, 0) is 9.59 Å². The molecule has 5 heteroatoms. The maximum Gasteiger partial charge on any atom is 0.236 e. The smallest absolute Gasteiger partial charge is 0.236 e. The number of nitrogens with one attached hydrogen (secondary N) is 1. The Balaban J connectivity index is 2.20. The first kappa shape index (κ1) is 8.99. The van der Waals surface area contributed by atoms with Crippen molar-refractivity contribution in [2.24, 2.45) is 5.73 Å². The van der Waals surface area contributed by atoms with Crippen LogP contribution in [-0.4, -0.2) is 42.4 Å². The molecule has 12 heavy (non-hydrogen) atoms. The van der Waals surface area contributed by atoms with Crippen molar-refractivity contribution in [2.75, 3.05) is 19.6 Å². The Hall–Kier alpha value is -1.10. The van der Waals surface area contributed by atoms with Crippen LogP contribution >= 0.6 is 0 Å². The van der Waals surface area contributed by atoms with Gasteiger partial charge in [0.15, 0.2) is 0 Å².